The number of aryl methyl sites for hydroxylation is 1. The Labute approximate surface area is 86.2 Å². The number of nitrogens with zero attached hydrogens (tertiary/aromatic N) is 2. The molecule has 1 aromatic rings. The highest BCUT2D eigenvalue weighted by molar-refractivity contribution is 5.95. The summed E-state index contributed by atoms with van der Waals surface area (Å²) >= 11 is 0. The summed E-state index contributed by atoms with van der Waals surface area (Å²) < 4.78 is 4.81. The first-order valence-electron chi connectivity index (χ1n) is 4.66. The normalized spacial score (nSPS) is 16.3. The SMILES string of the molecule is Cc1cc(C(=O)N2CCNC(=O)C2)no1. The second kappa shape index (κ2) is 3.72. The largest absolute Gasteiger partial charge is 0.361 e. The summed E-state index contributed by atoms with van der Waals surface area (Å²) in [6.45, 7) is 2.80. The lowest BCUT2D eigenvalue weighted by molar-refractivity contribution is -0.123. The van der Waals surface area contributed by atoms with Crippen LogP contribution in [0.15, 0.2) is 10.6 Å². The van der Waals surface area contributed by atoms with Crippen LogP contribution in [0.3, 0.4) is 0 Å². The molecular weight excluding hydrogens is 198 g/mol. The molecule has 6 heteroatoms. The van der Waals surface area contributed by atoms with Crippen LogP contribution in [0.4, 0.5) is 0 Å². The lowest BCUT2D eigenvalue weighted by Crippen LogP contribution is -2.50. The molecular formula is C9H11N3O3. The van der Waals surface area contributed by atoms with E-state index in [0.29, 0.717) is 18.8 Å². The van der Waals surface area contributed by atoms with Crippen LogP contribution in [0.25, 0.3) is 0 Å². The van der Waals surface area contributed by atoms with Crippen molar-refractivity contribution in [2.24, 2.45) is 0 Å². The van der Waals surface area contributed by atoms with E-state index < -0.39 is 0 Å². The number of carbonyl (C=O) groups is 2. The second-order valence-corrected chi connectivity index (χ2v) is 3.40. The summed E-state index contributed by atoms with van der Waals surface area (Å²) in [5, 5.41) is 6.26. The molecule has 6 nitrogen and oxygen atoms in total. The highest BCUT2D eigenvalue weighted by Crippen LogP contribution is 2.06. The van der Waals surface area contributed by atoms with E-state index in [4.69, 9.17) is 4.52 Å². The van der Waals surface area contributed by atoms with Gasteiger partial charge in [-0.15, -0.1) is 0 Å². The minimum Gasteiger partial charge on any atom is -0.361 e. The number of hydrogen-bond donors (Lipinski definition) is 1. The first-order chi connectivity index (χ1) is 7.16. The quantitative estimate of drug-likeness (QED) is 0.680. The van der Waals surface area contributed by atoms with Gasteiger partial charge in [-0.2, -0.15) is 0 Å². The van der Waals surface area contributed by atoms with E-state index in [0.717, 1.165) is 0 Å². The van der Waals surface area contributed by atoms with Crippen LogP contribution in [0.1, 0.15) is 16.2 Å². The summed E-state index contributed by atoms with van der Waals surface area (Å²) in [4.78, 5) is 24.3. The standard InChI is InChI=1S/C9H11N3O3/c1-6-4-7(11-15-6)9(14)12-3-2-10-8(13)5-12/h4H,2-3,5H2,1H3,(H,10,13). The van der Waals surface area contributed by atoms with Crippen molar-refractivity contribution in [1.82, 2.24) is 15.4 Å². The zero-order valence-electron chi connectivity index (χ0n) is 8.32. The third-order valence-corrected chi connectivity index (χ3v) is 2.17. The smallest absolute Gasteiger partial charge is 0.276 e. The van der Waals surface area contributed by atoms with Gasteiger partial charge in [-0.1, -0.05) is 5.16 Å². The molecule has 15 heavy (non-hydrogen) atoms. The van der Waals surface area contributed by atoms with Crippen molar-refractivity contribution in [3.63, 3.8) is 0 Å². The van der Waals surface area contributed by atoms with Gasteiger partial charge in [-0.05, 0) is 6.92 Å². The number of aromatic nitrogens is 1. The predicted octanol–water partition coefficient (Wildman–Crippen LogP) is -0.445. The summed E-state index contributed by atoms with van der Waals surface area (Å²) in [5.41, 5.74) is 0.252. The van der Waals surface area contributed by atoms with E-state index in [1.807, 2.05) is 0 Å². The van der Waals surface area contributed by atoms with E-state index in [1.54, 1.807) is 13.0 Å². The summed E-state index contributed by atoms with van der Waals surface area (Å²) in [6.07, 6.45) is 0. The van der Waals surface area contributed by atoms with Crippen LogP contribution in [0, 0.1) is 6.92 Å². The van der Waals surface area contributed by atoms with Gasteiger partial charge in [0.25, 0.3) is 5.91 Å². The molecule has 0 unspecified atom stereocenters. The number of piperazine rings is 1. The monoisotopic (exact) mass is 209 g/mol. The second-order valence-electron chi connectivity index (χ2n) is 3.40. The van der Waals surface area contributed by atoms with Gasteiger partial charge in [0, 0.05) is 19.2 Å². The minimum atomic E-state index is -0.262. The van der Waals surface area contributed by atoms with Crippen molar-refractivity contribution in [2.45, 2.75) is 6.92 Å². The number of carbonyl (C=O) groups excluding carboxylic acids is 2. The molecule has 1 aliphatic heterocycles. The van der Waals surface area contributed by atoms with Gasteiger partial charge in [0.15, 0.2) is 5.69 Å². The zero-order chi connectivity index (χ0) is 10.8. The Morgan fingerprint density at radius 2 is 2.47 bits per heavy atom. The number of amides is 2. The fourth-order valence-electron chi connectivity index (χ4n) is 1.44. The molecule has 2 rings (SSSR count). The maximum absolute atomic E-state index is 11.8. The molecule has 0 radical (unpaired) electrons. The van der Waals surface area contributed by atoms with Crippen molar-refractivity contribution in [2.75, 3.05) is 19.6 Å². The van der Waals surface area contributed by atoms with E-state index in [1.165, 1.54) is 4.90 Å². The van der Waals surface area contributed by atoms with Crippen LogP contribution in [0.2, 0.25) is 0 Å². The Hall–Kier alpha value is -1.85. The van der Waals surface area contributed by atoms with Crippen LogP contribution in [-0.4, -0.2) is 41.5 Å². The molecule has 0 saturated carbocycles. The number of nitrogens with one attached hydrogen (secondary N) is 1. The Morgan fingerprint density at radius 3 is 3.07 bits per heavy atom. The van der Waals surface area contributed by atoms with Crippen molar-refractivity contribution >= 4 is 11.8 Å². The lowest BCUT2D eigenvalue weighted by atomic mass is 10.3. The highest BCUT2D eigenvalue weighted by Gasteiger charge is 2.24. The Balaban J connectivity index is 2.10. The highest BCUT2D eigenvalue weighted by atomic mass is 16.5. The molecule has 1 fully saturated rings. The van der Waals surface area contributed by atoms with E-state index in [9.17, 15) is 9.59 Å². The molecule has 0 aromatic carbocycles. The topological polar surface area (TPSA) is 75.4 Å². The summed E-state index contributed by atoms with van der Waals surface area (Å²) in [5.74, 6) is 0.177. The first-order valence-corrected chi connectivity index (χ1v) is 4.66. The van der Waals surface area contributed by atoms with E-state index in [2.05, 4.69) is 10.5 Å². The fraction of sp³-hybridized carbons (Fsp3) is 0.444. The Morgan fingerprint density at radius 1 is 1.67 bits per heavy atom. The molecule has 2 amide bonds. The molecule has 1 aliphatic rings. The van der Waals surface area contributed by atoms with Gasteiger partial charge in [-0.3, -0.25) is 9.59 Å². The molecule has 1 N–H and O–H groups in total. The Kier molecular flexibility index (Phi) is 2.40. The van der Waals surface area contributed by atoms with Crippen LogP contribution < -0.4 is 5.32 Å². The maximum atomic E-state index is 11.8. The van der Waals surface area contributed by atoms with Gasteiger partial charge >= 0.3 is 0 Å². The summed E-state index contributed by atoms with van der Waals surface area (Å²) in [7, 11) is 0. The maximum Gasteiger partial charge on any atom is 0.276 e. The predicted molar refractivity (Wildman–Crippen MR) is 50.2 cm³/mol. The van der Waals surface area contributed by atoms with Gasteiger partial charge in [0.2, 0.25) is 5.91 Å². The molecule has 0 aliphatic carbocycles. The van der Waals surface area contributed by atoms with E-state index in [-0.39, 0.29) is 24.1 Å². The van der Waals surface area contributed by atoms with Crippen molar-refractivity contribution in [3.8, 4) is 0 Å². The van der Waals surface area contributed by atoms with Crippen molar-refractivity contribution in [1.29, 1.82) is 0 Å². The molecule has 2 heterocycles. The third-order valence-electron chi connectivity index (χ3n) is 2.17. The van der Waals surface area contributed by atoms with Gasteiger partial charge in [0.1, 0.15) is 5.76 Å². The van der Waals surface area contributed by atoms with Gasteiger partial charge < -0.3 is 14.7 Å². The molecule has 0 bridgehead atoms. The van der Waals surface area contributed by atoms with Gasteiger partial charge in [0.05, 0.1) is 6.54 Å². The molecule has 0 atom stereocenters. The first kappa shape index (κ1) is 9.70. The van der Waals surface area contributed by atoms with Crippen LogP contribution in [-0.2, 0) is 4.79 Å². The van der Waals surface area contributed by atoms with Crippen molar-refractivity contribution in [3.05, 3.63) is 17.5 Å². The average Bonchev–Trinajstić information content (AvgIpc) is 2.64. The molecule has 1 saturated heterocycles. The van der Waals surface area contributed by atoms with Crippen LogP contribution in [0.5, 0.6) is 0 Å². The van der Waals surface area contributed by atoms with E-state index >= 15 is 0 Å². The molecule has 0 spiro atoms. The molecule has 1 aromatic heterocycles. The third kappa shape index (κ3) is 1.98. The van der Waals surface area contributed by atoms with Crippen molar-refractivity contribution < 1.29 is 14.1 Å². The number of rotatable bonds is 1. The lowest BCUT2D eigenvalue weighted by Gasteiger charge is -2.25. The number of hydrogen-bond acceptors (Lipinski definition) is 4. The average molecular weight is 209 g/mol. The Bertz CT molecular complexity index is 399. The van der Waals surface area contributed by atoms with Gasteiger partial charge in [-0.25, -0.2) is 0 Å². The minimum absolute atomic E-state index is 0.0880. The van der Waals surface area contributed by atoms with Crippen LogP contribution >= 0.6 is 0 Å². The zero-order valence-corrected chi connectivity index (χ0v) is 8.32. The molecule has 80 valence electrons. The fourth-order valence-corrected chi connectivity index (χ4v) is 1.44. The summed E-state index contributed by atoms with van der Waals surface area (Å²) in [6, 6.07) is 1.56.